The van der Waals surface area contributed by atoms with Crippen LogP contribution in [0, 0.1) is 10.1 Å². The summed E-state index contributed by atoms with van der Waals surface area (Å²) in [6, 6.07) is 9.88. The highest BCUT2D eigenvalue weighted by atomic mass is 16.6. The van der Waals surface area contributed by atoms with Crippen LogP contribution in [0.25, 0.3) is 0 Å². The fraction of sp³-hybridized carbons (Fsp3) is 0.143. The minimum absolute atomic E-state index is 0.156. The van der Waals surface area contributed by atoms with E-state index in [2.05, 4.69) is 10.3 Å². The molecule has 2 rings (SSSR count). The van der Waals surface area contributed by atoms with Crippen LogP contribution in [-0.2, 0) is 17.8 Å². The maximum atomic E-state index is 11.9. The number of amides is 1. The normalized spacial score (nSPS) is 10.2. The Labute approximate surface area is 126 Å². The number of pyridine rings is 1. The van der Waals surface area contributed by atoms with Crippen molar-refractivity contribution in [3.05, 3.63) is 57.6 Å². The molecule has 0 aliphatic heterocycles. The quantitative estimate of drug-likeness (QED) is 0.560. The van der Waals surface area contributed by atoms with Gasteiger partial charge in [-0.15, -0.1) is 0 Å². The van der Waals surface area contributed by atoms with Crippen molar-refractivity contribution in [3.63, 3.8) is 0 Å². The molecule has 0 unspecified atom stereocenters. The van der Waals surface area contributed by atoms with Gasteiger partial charge < -0.3 is 16.8 Å². The summed E-state index contributed by atoms with van der Waals surface area (Å²) >= 11 is 0. The van der Waals surface area contributed by atoms with Crippen molar-refractivity contribution in [1.82, 2.24) is 4.98 Å². The van der Waals surface area contributed by atoms with Crippen molar-refractivity contribution in [2.45, 2.75) is 13.0 Å². The molecule has 0 atom stereocenters. The predicted molar refractivity (Wildman–Crippen MR) is 82.0 cm³/mol. The van der Waals surface area contributed by atoms with Crippen LogP contribution in [0.15, 0.2) is 36.4 Å². The van der Waals surface area contributed by atoms with Crippen LogP contribution in [0.1, 0.15) is 11.1 Å². The van der Waals surface area contributed by atoms with E-state index >= 15 is 0 Å². The Hall–Kier alpha value is -3.00. The van der Waals surface area contributed by atoms with Crippen molar-refractivity contribution in [1.29, 1.82) is 0 Å². The number of nitrogens with zero attached hydrogens (tertiary/aromatic N) is 2. The summed E-state index contributed by atoms with van der Waals surface area (Å²) in [5.41, 5.74) is 12.5. The summed E-state index contributed by atoms with van der Waals surface area (Å²) in [6.07, 6.45) is 0.156. The monoisotopic (exact) mass is 301 g/mol. The van der Waals surface area contributed by atoms with E-state index in [4.69, 9.17) is 11.5 Å². The second-order valence-electron chi connectivity index (χ2n) is 4.60. The SMILES string of the molecule is NCc1ccc(CC(=O)Nc2ccc([N+](=O)[O-])c(N)n2)cc1. The number of aromatic nitrogens is 1. The number of nitro groups is 1. The summed E-state index contributed by atoms with van der Waals surface area (Å²) in [5.74, 6) is -0.358. The first kappa shape index (κ1) is 15.4. The van der Waals surface area contributed by atoms with Gasteiger partial charge in [-0.3, -0.25) is 14.9 Å². The van der Waals surface area contributed by atoms with Gasteiger partial charge >= 0.3 is 5.69 Å². The minimum Gasteiger partial charge on any atom is -0.378 e. The number of hydrogen-bond donors (Lipinski definition) is 3. The Balaban J connectivity index is 2.02. The maximum Gasteiger partial charge on any atom is 0.311 e. The Morgan fingerprint density at radius 2 is 1.82 bits per heavy atom. The third-order valence-electron chi connectivity index (χ3n) is 2.99. The van der Waals surface area contributed by atoms with Crippen LogP contribution in [-0.4, -0.2) is 15.8 Å². The summed E-state index contributed by atoms with van der Waals surface area (Å²) in [4.78, 5) is 25.7. The van der Waals surface area contributed by atoms with E-state index in [-0.39, 0.29) is 29.7 Å². The molecule has 8 heteroatoms. The maximum absolute atomic E-state index is 11.9. The average Bonchev–Trinajstić information content (AvgIpc) is 2.47. The fourth-order valence-corrected chi connectivity index (χ4v) is 1.86. The molecule has 1 aromatic carbocycles. The smallest absolute Gasteiger partial charge is 0.311 e. The lowest BCUT2D eigenvalue weighted by molar-refractivity contribution is -0.384. The van der Waals surface area contributed by atoms with Crippen molar-refractivity contribution >= 4 is 23.2 Å². The molecule has 5 N–H and O–H groups in total. The molecular formula is C14H15N5O3. The van der Waals surface area contributed by atoms with Crippen LogP contribution < -0.4 is 16.8 Å². The third kappa shape index (κ3) is 3.76. The molecule has 1 aromatic heterocycles. The van der Waals surface area contributed by atoms with Crippen LogP contribution in [0.2, 0.25) is 0 Å². The first-order chi connectivity index (χ1) is 10.5. The summed E-state index contributed by atoms with van der Waals surface area (Å²) in [7, 11) is 0. The predicted octanol–water partition coefficient (Wildman–Crippen LogP) is 1.21. The summed E-state index contributed by atoms with van der Waals surface area (Å²) < 4.78 is 0. The molecule has 22 heavy (non-hydrogen) atoms. The molecule has 0 aliphatic rings. The zero-order chi connectivity index (χ0) is 16.1. The molecule has 0 fully saturated rings. The topological polar surface area (TPSA) is 137 Å². The molecule has 0 radical (unpaired) electrons. The molecule has 8 nitrogen and oxygen atoms in total. The molecule has 114 valence electrons. The van der Waals surface area contributed by atoms with E-state index in [0.29, 0.717) is 6.54 Å². The van der Waals surface area contributed by atoms with E-state index < -0.39 is 4.92 Å². The largest absolute Gasteiger partial charge is 0.378 e. The van der Waals surface area contributed by atoms with Gasteiger partial charge in [-0.2, -0.15) is 0 Å². The lowest BCUT2D eigenvalue weighted by atomic mass is 10.1. The van der Waals surface area contributed by atoms with E-state index in [0.717, 1.165) is 11.1 Å². The number of nitrogens with one attached hydrogen (secondary N) is 1. The van der Waals surface area contributed by atoms with Crippen molar-refractivity contribution in [2.75, 3.05) is 11.1 Å². The minimum atomic E-state index is -0.632. The third-order valence-corrected chi connectivity index (χ3v) is 2.99. The Morgan fingerprint density at radius 3 is 2.36 bits per heavy atom. The van der Waals surface area contributed by atoms with Crippen molar-refractivity contribution in [2.24, 2.45) is 5.73 Å². The van der Waals surface area contributed by atoms with Crippen LogP contribution >= 0.6 is 0 Å². The number of benzene rings is 1. The Bertz CT molecular complexity index is 700. The summed E-state index contributed by atoms with van der Waals surface area (Å²) in [5, 5.41) is 13.2. The van der Waals surface area contributed by atoms with E-state index in [1.54, 1.807) is 0 Å². The molecule has 0 bridgehead atoms. The van der Waals surface area contributed by atoms with Gasteiger partial charge in [-0.25, -0.2) is 4.98 Å². The number of hydrogen-bond acceptors (Lipinski definition) is 6. The van der Waals surface area contributed by atoms with Crippen LogP contribution in [0.4, 0.5) is 17.3 Å². The molecule has 0 aliphatic carbocycles. The van der Waals surface area contributed by atoms with Gasteiger partial charge in [0.05, 0.1) is 11.3 Å². The Kier molecular flexibility index (Phi) is 4.64. The lowest BCUT2D eigenvalue weighted by Gasteiger charge is -2.06. The van der Waals surface area contributed by atoms with Gasteiger partial charge in [0.1, 0.15) is 5.82 Å². The first-order valence-corrected chi connectivity index (χ1v) is 6.48. The molecule has 1 heterocycles. The number of carbonyl (C=O) groups excluding carboxylic acids is 1. The highest BCUT2D eigenvalue weighted by Crippen LogP contribution is 2.20. The number of nitrogens with two attached hydrogens (primary N) is 2. The Morgan fingerprint density at radius 1 is 1.18 bits per heavy atom. The van der Waals surface area contributed by atoms with Gasteiger partial charge in [-0.1, -0.05) is 24.3 Å². The van der Waals surface area contributed by atoms with E-state index in [1.165, 1.54) is 12.1 Å². The van der Waals surface area contributed by atoms with Crippen molar-refractivity contribution < 1.29 is 9.72 Å². The number of nitrogen functional groups attached to an aromatic ring is 1. The first-order valence-electron chi connectivity index (χ1n) is 6.48. The van der Waals surface area contributed by atoms with Crippen molar-refractivity contribution in [3.8, 4) is 0 Å². The van der Waals surface area contributed by atoms with E-state index in [1.807, 2.05) is 24.3 Å². The molecule has 1 amide bonds. The highest BCUT2D eigenvalue weighted by Gasteiger charge is 2.14. The second-order valence-corrected chi connectivity index (χ2v) is 4.60. The zero-order valence-electron chi connectivity index (χ0n) is 11.7. The fourth-order valence-electron chi connectivity index (χ4n) is 1.86. The zero-order valence-corrected chi connectivity index (χ0v) is 11.7. The molecule has 0 saturated carbocycles. The molecule has 0 spiro atoms. The second kappa shape index (κ2) is 6.64. The van der Waals surface area contributed by atoms with Crippen LogP contribution in [0.5, 0.6) is 0 Å². The molecular weight excluding hydrogens is 286 g/mol. The van der Waals surface area contributed by atoms with Gasteiger partial charge in [0, 0.05) is 12.6 Å². The molecule has 2 aromatic rings. The summed E-state index contributed by atoms with van der Waals surface area (Å²) in [6.45, 7) is 0.443. The number of rotatable bonds is 5. The highest BCUT2D eigenvalue weighted by molar-refractivity contribution is 5.91. The van der Waals surface area contributed by atoms with Gasteiger partial charge in [-0.05, 0) is 17.2 Å². The number of anilines is 2. The average molecular weight is 301 g/mol. The standard InChI is InChI=1S/C14H15N5O3/c15-8-10-3-1-9(2-4-10)7-13(20)17-12-6-5-11(19(21)22)14(16)18-12/h1-6H,7-8,15H2,(H3,16,17,18,20). The van der Waals surface area contributed by atoms with Gasteiger partial charge in [0.25, 0.3) is 0 Å². The number of carbonyl (C=O) groups is 1. The lowest BCUT2D eigenvalue weighted by Crippen LogP contribution is -2.16. The van der Waals surface area contributed by atoms with Crippen LogP contribution in [0.3, 0.4) is 0 Å². The van der Waals surface area contributed by atoms with Gasteiger partial charge in [0.15, 0.2) is 0 Å². The molecule has 0 saturated heterocycles. The van der Waals surface area contributed by atoms with Gasteiger partial charge in [0.2, 0.25) is 11.7 Å². The van der Waals surface area contributed by atoms with E-state index in [9.17, 15) is 14.9 Å².